The van der Waals surface area contributed by atoms with Gasteiger partial charge in [0.2, 0.25) is 0 Å². The fourth-order valence-electron chi connectivity index (χ4n) is 3.28. The van der Waals surface area contributed by atoms with Crippen LogP contribution in [-0.2, 0) is 6.54 Å². The minimum atomic E-state index is 0. The first-order chi connectivity index (χ1) is 11.2. The lowest BCUT2D eigenvalue weighted by atomic mass is 9.97. The number of piperidine rings is 1. The van der Waals surface area contributed by atoms with Crippen molar-refractivity contribution in [2.24, 2.45) is 10.9 Å². The molecule has 1 aromatic carbocycles. The predicted octanol–water partition coefficient (Wildman–Crippen LogP) is 3.43. The van der Waals surface area contributed by atoms with Crippen LogP contribution in [0.3, 0.4) is 0 Å². The summed E-state index contributed by atoms with van der Waals surface area (Å²) in [6.45, 7) is 7.93. The van der Waals surface area contributed by atoms with Crippen molar-refractivity contribution in [2.45, 2.75) is 32.7 Å². The van der Waals surface area contributed by atoms with E-state index in [1.54, 1.807) is 0 Å². The van der Waals surface area contributed by atoms with Crippen molar-refractivity contribution in [3.63, 3.8) is 0 Å². The van der Waals surface area contributed by atoms with Crippen molar-refractivity contribution in [3.05, 3.63) is 35.9 Å². The van der Waals surface area contributed by atoms with E-state index in [1.165, 1.54) is 44.5 Å². The summed E-state index contributed by atoms with van der Waals surface area (Å²) in [5.41, 5.74) is 1.31. The minimum absolute atomic E-state index is 0. The van der Waals surface area contributed by atoms with E-state index in [0.717, 1.165) is 25.0 Å². The molecule has 5 heteroatoms. The van der Waals surface area contributed by atoms with Crippen LogP contribution in [0.1, 0.15) is 31.7 Å². The molecule has 0 aliphatic carbocycles. The number of likely N-dealkylation sites (tertiary alicyclic amines) is 1. The zero-order chi connectivity index (χ0) is 16.5. The van der Waals surface area contributed by atoms with Crippen molar-refractivity contribution in [2.75, 3.05) is 40.3 Å². The highest BCUT2D eigenvalue weighted by atomic mass is 127. The van der Waals surface area contributed by atoms with E-state index in [0.29, 0.717) is 0 Å². The average Bonchev–Trinajstić information content (AvgIpc) is 2.58. The van der Waals surface area contributed by atoms with Crippen molar-refractivity contribution in [3.8, 4) is 0 Å². The molecule has 0 spiro atoms. The van der Waals surface area contributed by atoms with Crippen molar-refractivity contribution in [1.82, 2.24) is 15.1 Å². The summed E-state index contributed by atoms with van der Waals surface area (Å²) in [7, 11) is 3.97. The number of guanidine groups is 1. The van der Waals surface area contributed by atoms with Crippen LogP contribution in [0.5, 0.6) is 0 Å². The van der Waals surface area contributed by atoms with E-state index >= 15 is 0 Å². The first-order valence-corrected chi connectivity index (χ1v) is 8.91. The number of halogens is 1. The molecule has 0 radical (unpaired) electrons. The topological polar surface area (TPSA) is 30.9 Å². The molecule has 136 valence electrons. The summed E-state index contributed by atoms with van der Waals surface area (Å²) in [6, 6.07) is 10.6. The molecule has 0 bridgehead atoms. The molecule has 0 atom stereocenters. The van der Waals surface area contributed by atoms with Crippen LogP contribution in [0.15, 0.2) is 35.3 Å². The molecule has 0 unspecified atom stereocenters. The number of aliphatic imine (C=N–C) groups is 1. The molecule has 4 nitrogen and oxygen atoms in total. The van der Waals surface area contributed by atoms with Gasteiger partial charge in [0.25, 0.3) is 0 Å². The monoisotopic (exact) mass is 444 g/mol. The standard InChI is InChI=1S/C19H32N4.HI/c1-4-12-23-13-10-17(11-14-23)15-21-19(20-2)22(3)16-18-8-6-5-7-9-18;/h5-9,17H,4,10-16H2,1-3H3,(H,20,21);1H. The van der Waals surface area contributed by atoms with Crippen LogP contribution in [-0.4, -0.2) is 56.0 Å². The third kappa shape index (κ3) is 6.97. The quantitative estimate of drug-likeness (QED) is 0.415. The zero-order valence-electron chi connectivity index (χ0n) is 15.4. The molecule has 0 aromatic heterocycles. The Morgan fingerprint density at radius 3 is 2.50 bits per heavy atom. The highest BCUT2D eigenvalue weighted by molar-refractivity contribution is 14.0. The molecule has 1 aliphatic rings. The summed E-state index contributed by atoms with van der Waals surface area (Å²) in [5.74, 6) is 1.76. The van der Waals surface area contributed by atoms with Crippen LogP contribution in [0, 0.1) is 5.92 Å². The van der Waals surface area contributed by atoms with Gasteiger partial charge in [-0.3, -0.25) is 4.99 Å². The molecule has 24 heavy (non-hydrogen) atoms. The SMILES string of the molecule is CCCN1CCC(CNC(=NC)N(C)Cc2ccccc2)CC1.I. The minimum Gasteiger partial charge on any atom is -0.356 e. The maximum absolute atomic E-state index is 4.43. The summed E-state index contributed by atoms with van der Waals surface area (Å²) >= 11 is 0. The lowest BCUT2D eigenvalue weighted by Gasteiger charge is -2.32. The Bertz CT molecular complexity index is 470. The summed E-state index contributed by atoms with van der Waals surface area (Å²) in [5, 5.41) is 3.56. The van der Waals surface area contributed by atoms with Gasteiger partial charge >= 0.3 is 0 Å². The number of nitrogens with zero attached hydrogens (tertiary/aromatic N) is 3. The van der Waals surface area contributed by atoms with Gasteiger partial charge in [0, 0.05) is 27.2 Å². The second-order valence-corrected chi connectivity index (χ2v) is 6.55. The van der Waals surface area contributed by atoms with Crippen LogP contribution < -0.4 is 5.32 Å². The van der Waals surface area contributed by atoms with E-state index in [9.17, 15) is 0 Å². The van der Waals surface area contributed by atoms with Crippen LogP contribution in [0.2, 0.25) is 0 Å². The van der Waals surface area contributed by atoms with Gasteiger partial charge in [0.1, 0.15) is 0 Å². The smallest absolute Gasteiger partial charge is 0.193 e. The third-order valence-corrected chi connectivity index (χ3v) is 4.63. The first-order valence-electron chi connectivity index (χ1n) is 8.91. The summed E-state index contributed by atoms with van der Waals surface area (Å²) in [4.78, 5) is 9.22. The molecule has 1 fully saturated rings. The number of hydrogen-bond donors (Lipinski definition) is 1. The fraction of sp³-hybridized carbons (Fsp3) is 0.632. The molecular formula is C19H33IN4. The largest absolute Gasteiger partial charge is 0.356 e. The van der Waals surface area contributed by atoms with E-state index in [2.05, 4.69) is 64.4 Å². The Kier molecular flexibility index (Phi) is 10.3. The average molecular weight is 444 g/mol. The van der Waals surface area contributed by atoms with Crippen LogP contribution in [0.4, 0.5) is 0 Å². The highest BCUT2D eigenvalue weighted by Gasteiger charge is 2.19. The maximum atomic E-state index is 4.43. The predicted molar refractivity (Wildman–Crippen MR) is 114 cm³/mol. The molecule has 0 saturated carbocycles. The van der Waals surface area contributed by atoms with Crippen molar-refractivity contribution >= 4 is 29.9 Å². The van der Waals surface area contributed by atoms with Gasteiger partial charge in [0.15, 0.2) is 5.96 Å². The number of nitrogens with one attached hydrogen (secondary N) is 1. The first kappa shape index (κ1) is 21.2. The molecule has 1 heterocycles. The van der Waals surface area contributed by atoms with Gasteiger partial charge in [-0.25, -0.2) is 0 Å². The second-order valence-electron chi connectivity index (χ2n) is 6.55. The molecule has 1 aliphatic heterocycles. The summed E-state index contributed by atoms with van der Waals surface area (Å²) < 4.78 is 0. The molecule has 1 aromatic rings. The fourth-order valence-corrected chi connectivity index (χ4v) is 3.28. The molecule has 2 rings (SSSR count). The maximum Gasteiger partial charge on any atom is 0.193 e. The van der Waals surface area contributed by atoms with Gasteiger partial charge in [-0.2, -0.15) is 0 Å². The van der Waals surface area contributed by atoms with Gasteiger partial charge in [-0.1, -0.05) is 37.3 Å². The Labute approximate surface area is 164 Å². The molecule has 1 saturated heterocycles. The van der Waals surface area contributed by atoms with Crippen LogP contribution >= 0.6 is 24.0 Å². The lowest BCUT2D eigenvalue weighted by molar-refractivity contribution is 0.185. The highest BCUT2D eigenvalue weighted by Crippen LogP contribution is 2.16. The normalized spacial score (nSPS) is 16.5. The Morgan fingerprint density at radius 1 is 1.25 bits per heavy atom. The van der Waals surface area contributed by atoms with Gasteiger partial charge < -0.3 is 15.1 Å². The van der Waals surface area contributed by atoms with Gasteiger partial charge in [-0.15, -0.1) is 24.0 Å². The van der Waals surface area contributed by atoms with Gasteiger partial charge in [0.05, 0.1) is 0 Å². The molecule has 1 N–H and O–H groups in total. The lowest BCUT2D eigenvalue weighted by Crippen LogP contribution is -2.43. The van der Waals surface area contributed by atoms with Crippen molar-refractivity contribution in [1.29, 1.82) is 0 Å². The number of rotatable bonds is 6. The van der Waals surface area contributed by atoms with E-state index < -0.39 is 0 Å². The molecular weight excluding hydrogens is 411 g/mol. The molecule has 0 amide bonds. The van der Waals surface area contributed by atoms with Gasteiger partial charge in [-0.05, 0) is 50.4 Å². The Hall–Kier alpha value is -0.820. The Balaban J connectivity index is 0.00000288. The Morgan fingerprint density at radius 2 is 1.92 bits per heavy atom. The van der Waals surface area contributed by atoms with E-state index in [1.807, 2.05) is 7.05 Å². The van der Waals surface area contributed by atoms with Crippen LogP contribution in [0.25, 0.3) is 0 Å². The third-order valence-electron chi connectivity index (χ3n) is 4.63. The summed E-state index contributed by atoms with van der Waals surface area (Å²) in [6.07, 6.45) is 3.86. The van der Waals surface area contributed by atoms with E-state index in [4.69, 9.17) is 0 Å². The van der Waals surface area contributed by atoms with E-state index in [-0.39, 0.29) is 24.0 Å². The number of hydrogen-bond acceptors (Lipinski definition) is 2. The number of benzene rings is 1. The zero-order valence-corrected chi connectivity index (χ0v) is 17.7. The van der Waals surface area contributed by atoms with Crippen molar-refractivity contribution < 1.29 is 0 Å². The second kappa shape index (κ2) is 11.7.